The van der Waals surface area contributed by atoms with E-state index in [2.05, 4.69) is 5.43 Å². The summed E-state index contributed by atoms with van der Waals surface area (Å²) in [6.07, 6.45) is 0.299. The number of aliphatic hydroxyl groups excluding tert-OH is 1. The fourth-order valence-electron chi connectivity index (χ4n) is 1.16. The van der Waals surface area contributed by atoms with Crippen molar-refractivity contribution in [2.75, 3.05) is 11.7 Å². The SMILES string of the molecule is CSc1cc(NN)ccc1C(O)C(=O)O. The number of hydrogen-bond acceptors (Lipinski definition) is 5. The number of nitrogens with two attached hydrogens (primary N) is 1. The molecule has 0 aromatic heterocycles. The van der Waals surface area contributed by atoms with Gasteiger partial charge in [-0.3, -0.25) is 5.84 Å². The van der Waals surface area contributed by atoms with Gasteiger partial charge in [0.25, 0.3) is 0 Å². The number of hydrogen-bond donors (Lipinski definition) is 4. The number of benzene rings is 1. The van der Waals surface area contributed by atoms with Crippen LogP contribution in [0.25, 0.3) is 0 Å². The van der Waals surface area contributed by atoms with Gasteiger partial charge in [-0.25, -0.2) is 4.79 Å². The van der Waals surface area contributed by atoms with E-state index in [0.29, 0.717) is 16.1 Å². The number of aliphatic hydroxyl groups is 1. The Bertz CT molecular complexity index is 370. The van der Waals surface area contributed by atoms with Crippen molar-refractivity contribution >= 4 is 23.4 Å². The van der Waals surface area contributed by atoms with Crippen LogP contribution < -0.4 is 11.3 Å². The molecular weight excluding hydrogens is 216 g/mol. The van der Waals surface area contributed by atoms with Crippen molar-refractivity contribution < 1.29 is 15.0 Å². The Morgan fingerprint density at radius 2 is 2.27 bits per heavy atom. The molecule has 0 aliphatic carbocycles. The summed E-state index contributed by atoms with van der Waals surface area (Å²) >= 11 is 1.35. The Labute approximate surface area is 91.3 Å². The molecule has 0 heterocycles. The molecule has 0 bridgehead atoms. The van der Waals surface area contributed by atoms with Crippen molar-refractivity contribution in [2.45, 2.75) is 11.0 Å². The molecule has 0 fully saturated rings. The highest BCUT2D eigenvalue weighted by molar-refractivity contribution is 7.98. The van der Waals surface area contributed by atoms with Crippen molar-refractivity contribution in [3.63, 3.8) is 0 Å². The van der Waals surface area contributed by atoms with Crippen LogP contribution in [0.3, 0.4) is 0 Å². The van der Waals surface area contributed by atoms with Gasteiger partial charge in [0.2, 0.25) is 0 Å². The van der Waals surface area contributed by atoms with E-state index in [9.17, 15) is 9.90 Å². The van der Waals surface area contributed by atoms with Crippen molar-refractivity contribution in [2.24, 2.45) is 5.84 Å². The van der Waals surface area contributed by atoms with Crippen molar-refractivity contribution in [3.05, 3.63) is 23.8 Å². The Kier molecular flexibility index (Phi) is 3.96. The lowest BCUT2D eigenvalue weighted by atomic mass is 10.1. The minimum atomic E-state index is -1.50. The van der Waals surface area contributed by atoms with Crippen LogP contribution in [0.2, 0.25) is 0 Å². The quantitative estimate of drug-likeness (QED) is 0.346. The second kappa shape index (κ2) is 5.01. The summed E-state index contributed by atoms with van der Waals surface area (Å²) in [7, 11) is 0. The summed E-state index contributed by atoms with van der Waals surface area (Å²) in [6.45, 7) is 0. The zero-order chi connectivity index (χ0) is 11.4. The molecule has 0 aliphatic heterocycles. The normalized spacial score (nSPS) is 12.2. The molecule has 0 radical (unpaired) electrons. The predicted molar refractivity (Wildman–Crippen MR) is 58.6 cm³/mol. The van der Waals surface area contributed by atoms with Gasteiger partial charge in [0, 0.05) is 16.1 Å². The Morgan fingerprint density at radius 1 is 1.60 bits per heavy atom. The van der Waals surface area contributed by atoms with E-state index in [-0.39, 0.29) is 0 Å². The molecule has 0 amide bonds. The van der Waals surface area contributed by atoms with Crippen molar-refractivity contribution in [3.8, 4) is 0 Å². The van der Waals surface area contributed by atoms with E-state index < -0.39 is 12.1 Å². The summed E-state index contributed by atoms with van der Waals surface area (Å²) in [5.41, 5.74) is 3.49. The maximum Gasteiger partial charge on any atom is 0.337 e. The topological polar surface area (TPSA) is 95.6 Å². The van der Waals surface area contributed by atoms with E-state index >= 15 is 0 Å². The van der Waals surface area contributed by atoms with Crippen molar-refractivity contribution in [1.82, 2.24) is 0 Å². The first kappa shape index (κ1) is 11.8. The lowest BCUT2D eigenvalue weighted by Crippen LogP contribution is -2.12. The van der Waals surface area contributed by atoms with Crippen LogP contribution in [0.1, 0.15) is 11.7 Å². The van der Waals surface area contributed by atoms with Gasteiger partial charge in [-0.1, -0.05) is 6.07 Å². The number of nitrogen functional groups attached to an aromatic ring is 1. The fourth-order valence-corrected chi connectivity index (χ4v) is 1.82. The van der Waals surface area contributed by atoms with Gasteiger partial charge >= 0.3 is 5.97 Å². The van der Waals surface area contributed by atoms with Gasteiger partial charge in [-0.2, -0.15) is 0 Å². The monoisotopic (exact) mass is 228 g/mol. The first-order valence-corrected chi connectivity index (χ1v) is 5.38. The van der Waals surface area contributed by atoms with Crippen LogP contribution in [0, 0.1) is 0 Å². The minimum Gasteiger partial charge on any atom is -0.479 e. The van der Waals surface area contributed by atoms with Gasteiger partial charge in [0.15, 0.2) is 6.10 Å². The molecule has 5 N–H and O–H groups in total. The number of hydrazine groups is 1. The number of anilines is 1. The molecule has 0 aliphatic rings. The summed E-state index contributed by atoms with van der Waals surface area (Å²) < 4.78 is 0. The number of rotatable bonds is 4. The summed E-state index contributed by atoms with van der Waals surface area (Å²) in [6, 6.07) is 4.84. The van der Waals surface area contributed by atoms with Crippen LogP contribution in [-0.2, 0) is 4.79 Å². The second-order valence-corrected chi connectivity index (χ2v) is 3.69. The lowest BCUT2D eigenvalue weighted by Gasteiger charge is -2.12. The molecule has 0 spiro atoms. The Morgan fingerprint density at radius 3 is 2.73 bits per heavy atom. The molecule has 0 saturated carbocycles. The summed E-state index contributed by atoms with van der Waals surface area (Å²) in [5.74, 6) is 3.96. The minimum absolute atomic E-state index is 0.369. The second-order valence-electron chi connectivity index (χ2n) is 2.84. The van der Waals surface area contributed by atoms with Crippen LogP contribution in [0.4, 0.5) is 5.69 Å². The van der Waals surface area contributed by atoms with Gasteiger partial charge in [0.05, 0.1) is 0 Å². The molecular formula is C9H12N2O3S. The maximum absolute atomic E-state index is 10.6. The number of thioether (sulfide) groups is 1. The average molecular weight is 228 g/mol. The van der Waals surface area contributed by atoms with E-state index in [1.165, 1.54) is 11.8 Å². The summed E-state index contributed by atoms with van der Waals surface area (Å²) in [4.78, 5) is 11.3. The first-order chi connectivity index (χ1) is 7.10. The van der Waals surface area contributed by atoms with E-state index in [1.54, 1.807) is 24.5 Å². The standard InChI is InChI=1S/C9H12N2O3S/c1-15-7-4-5(11-10)2-3-6(7)8(12)9(13)14/h2-4,8,11-12H,10H2,1H3,(H,13,14). The Balaban J connectivity index is 3.12. The average Bonchev–Trinajstić information content (AvgIpc) is 2.27. The highest BCUT2D eigenvalue weighted by atomic mass is 32.2. The molecule has 1 atom stereocenters. The fraction of sp³-hybridized carbons (Fsp3) is 0.222. The number of carboxylic acid groups (broad SMARTS) is 1. The number of carbonyl (C=O) groups is 1. The first-order valence-electron chi connectivity index (χ1n) is 4.15. The molecule has 5 nitrogen and oxygen atoms in total. The van der Waals surface area contributed by atoms with Crippen LogP contribution in [-0.4, -0.2) is 22.4 Å². The third kappa shape index (κ3) is 2.62. The zero-order valence-electron chi connectivity index (χ0n) is 8.10. The van der Waals surface area contributed by atoms with E-state index in [1.807, 2.05) is 0 Å². The molecule has 6 heteroatoms. The highest BCUT2D eigenvalue weighted by Gasteiger charge is 2.19. The molecule has 15 heavy (non-hydrogen) atoms. The van der Waals surface area contributed by atoms with Crippen molar-refractivity contribution in [1.29, 1.82) is 0 Å². The summed E-state index contributed by atoms with van der Waals surface area (Å²) in [5, 5.41) is 18.1. The van der Waals surface area contributed by atoms with Crippen LogP contribution >= 0.6 is 11.8 Å². The zero-order valence-corrected chi connectivity index (χ0v) is 8.91. The third-order valence-corrected chi connectivity index (χ3v) is 2.72. The largest absolute Gasteiger partial charge is 0.479 e. The lowest BCUT2D eigenvalue weighted by molar-refractivity contribution is -0.147. The number of carboxylic acids is 1. The molecule has 1 aromatic rings. The molecule has 1 unspecified atom stereocenters. The van der Waals surface area contributed by atoms with Gasteiger partial charge in [0.1, 0.15) is 0 Å². The molecule has 0 saturated heterocycles. The predicted octanol–water partition coefficient (Wildman–Crippen LogP) is 0.812. The molecule has 1 rings (SSSR count). The molecule has 1 aromatic carbocycles. The van der Waals surface area contributed by atoms with Gasteiger partial charge < -0.3 is 15.6 Å². The highest BCUT2D eigenvalue weighted by Crippen LogP contribution is 2.28. The number of nitrogens with one attached hydrogen (secondary N) is 1. The number of aliphatic carboxylic acids is 1. The van der Waals surface area contributed by atoms with Gasteiger partial charge in [-0.15, -0.1) is 11.8 Å². The Hall–Kier alpha value is -1.24. The van der Waals surface area contributed by atoms with Crippen LogP contribution in [0.5, 0.6) is 0 Å². The van der Waals surface area contributed by atoms with E-state index in [4.69, 9.17) is 10.9 Å². The maximum atomic E-state index is 10.6. The third-order valence-electron chi connectivity index (χ3n) is 1.93. The molecule has 82 valence electrons. The van der Waals surface area contributed by atoms with Gasteiger partial charge in [-0.05, 0) is 18.4 Å². The van der Waals surface area contributed by atoms with E-state index in [0.717, 1.165) is 0 Å². The van der Waals surface area contributed by atoms with Crippen LogP contribution in [0.15, 0.2) is 23.1 Å². The smallest absolute Gasteiger partial charge is 0.337 e.